The summed E-state index contributed by atoms with van der Waals surface area (Å²) in [5, 5.41) is 5.47. The molecule has 0 aliphatic heterocycles. The lowest BCUT2D eigenvalue weighted by molar-refractivity contribution is 0.324. The summed E-state index contributed by atoms with van der Waals surface area (Å²) in [5.74, 6) is 4.17. The first-order valence-corrected chi connectivity index (χ1v) is 10.7. The van der Waals surface area contributed by atoms with Gasteiger partial charge in [0.25, 0.3) is 0 Å². The van der Waals surface area contributed by atoms with E-state index in [-0.39, 0.29) is 5.92 Å². The Morgan fingerprint density at radius 2 is 1.74 bits per heavy atom. The normalized spacial score (nSPS) is 11.2. The summed E-state index contributed by atoms with van der Waals surface area (Å²) in [4.78, 5) is 14.0. The Morgan fingerprint density at radius 1 is 1.03 bits per heavy atom. The number of nitrogens with zero attached hydrogens (tertiary/aromatic N) is 4. The van der Waals surface area contributed by atoms with Crippen LogP contribution in [0.4, 0.5) is 11.6 Å². The van der Waals surface area contributed by atoms with Gasteiger partial charge in [-0.3, -0.25) is 0 Å². The Bertz CT molecular complexity index is 1210. The van der Waals surface area contributed by atoms with E-state index in [4.69, 9.17) is 24.2 Å². The number of rotatable bonds is 7. The van der Waals surface area contributed by atoms with E-state index in [0.29, 0.717) is 23.1 Å². The van der Waals surface area contributed by atoms with Crippen LogP contribution in [0, 0.1) is 6.92 Å². The zero-order chi connectivity index (χ0) is 22.1. The lowest BCUT2D eigenvalue weighted by atomic mass is 10.2. The van der Waals surface area contributed by atoms with Crippen molar-refractivity contribution in [2.24, 2.45) is 0 Å². The molecule has 4 rings (SSSR count). The molecule has 3 heterocycles. The lowest BCUT2D eigenvalue weighted by Gasteiger charge is -2.14. The zero-order valence-electron chi connectivity index (χ0n) is 18.4. The van der Waals surface area contributed by atoms with Crippen molar-refractivity contribution in [1.29, 1.82) is 0 Å². The van der Waals surface area contributed by atoms with Gasteiger partial charge in [0.15, 0.2) is 17.3 Å². The Labute approximate surface area is 184 Å². The van der Waals surface area contributed by atoms with Crippen LogP contribution in [0.2, 0.25) is 0 Å². The van der Waals surface area contributed by atoms with Gasteiger partial charge in [-0.2, -0.15) is 0 Å². The third-order valence-electron chi connectivity index (χ3n) is 4.90. The molecule has 0 unspecified atom stereocenters. The molecule has 0 spiro atoms. The van der Waals surface area contributed by atoms with Crippen LogP contribution in [0.1, 0.15) is 31.2 Å². The average Bonchev–Trinajstić information content (AvgIpc) is 3.39. The number of aryl methyl sites for hydroxylation is 1. The van der Waals surface area contributed by atoms with E-state index in [0.717, 1.165) is 33.1 Å². The van der Waals surface area contributed by atoms with Gasteiger partial charge in [0, 0.05) is 18.1 Å². The second-order valence-electron chi connectivity index (χ2n) is 7.36. The number of imidazole rings is 1. The van der Waals surface area contributed by atoms with Crippen molar-refractivity contribution in [3.8, 4) is 22.9 Å². The molecule has 162 valence electrons. The third kappa shape index (κ3) is 3.88. The van der Waals surface area contributed by atoms with Crippen LogP contribution in [0.5, 0.6) is 17.2 Å². The molecule has 0 atom stereocenters. The molecule has 0 amide bonds. The minimum Gasteiger partial charge on any atom is -0.493 e. The number of methoxy groups -OCH3 is 3. The first-order chi connectivity index (χ1) is 14.9. The smallest absolute Gasteiger partial charge is 0.203 e. The molecule has 0 aliphatic carbocycles. The maximum Gasteiger partial charge on any atom is 0.203 e. The minimum absolute atomic E-state index is 0.223. The van der Waals surface area contributed by atoms with Crippen LogP contribution in [0.25, 0.3) is 15.9 Å². The fourth-order valence-corrected chi connectivity index (χ4v) is 4.19. The number of aromatic nitrogens is 4. The highest BCUT2D eigenvalue weighted by Gasteiger charge is 2.17. The summed E-state index contributed by atoms with van der Waals surface area (Å²) >= 11 is 1.63. The van der Waals surface area contributed by atoms with E-state index < -0.39 is 0 Å². The van der Waals surface area contributed by atoms with Crippen LogP contribution in [0.15, 0.2) is 30.0 Å². The Morgan fingerprint density at radius 3 is 2.35 bits per heavy atom. The topological polar surface area (TPSA) is 83.3 Å². The summed E-state index contributed by atoms with van der Waals surface area (Å²) in [6, 6.07) is 3.74. The maximum absolute atomic E-state index is 5.46. The molecule has 3 aromatic heterocycles. The zero-order valence-corrected chi connectivity index (χ0v) is 19.2. The van der Waals surface area contributed by atoms with Gasteiger partial charge in [-0.1, -0.05) is 13.8 Å². The van der Waals surface area contributed by atoms with Gasteiger partial charge in [-0.25, -0.2) is 15.0 Å². The first-order valence-electron chi connectivity index (χ1n) is 9.82. The quantitative estimate of drug-likeness (QED) is 0.430. The van der Waals surface area contributed by atoms with E-state index in [9.17, 15) is 0 Å². The average molecular weight is 440 g/mol. The van der Waals surface area contributed by atoms with Crippen molar-refractivity contribution in [2.45, 2.75) is 26.7 Å². The molecule has 0 saturated heterocycles. The van der Waals surface area contributed by atoms with Crippen molar-refractivity contribution < 1.29 is 14.2 Å². The van der Waals surface area contributed by atoms with Crippen molar-refractivity contribution in [2.75, 3.05) is 26.6 Å². The second kappa shape index (κ2) is 8.43. The van der Waals surface area contributed by atoms with E-state index in [2.05, 4.69) is 36.5 Å². The van der Waals surface area contributed by atoms with Gasteiger partial charge in [0.1, 0.15) is 18.0 Å². The van der Waals surface area contributed by atoms with Crippen molar-refractivity contribution in [1.82, 2.24) is 19.5 Å². The number of nitrogens with one attached hydrogen (secondary N) is 1. The molecular formula is C22H25N5O3S. The minimum atomic E-state index is 0.223. The summed E-state index contributed by atoms with van der Waals surface area (Å²) in [6.07, 6.45) is 3.62. The van der Waals surface area contributed by atoms with Gasteiger partial charge in [-0.15, -0.1) is 11.3 Å². The molecule has 0 radical (unpaired) electrons. The van der Waals surface area contributed by atoms with Crippen LogP contribution in [0.3, 0.4) is 0 Å². The Kier molecular flexibility index (Phi) is 5.69. The number of hydrogen-bond donors (Lipinski definition) is 1. The Hall–Kier alpha value is -3.33. The van der Waals surface area contributed by atoms with E-state index in [1.165, 1.54) is 0 Å². The molecule has 9 heteroatoms. The monoisotopic (exact) mass is 439 g/mol. The predicted octanol–water partition coefficient (Wildman–Crippen LogP) is 5.08. The number of hydrogen-bond acceptors (Lipinski definition) is 8. The highest BCUT2D eigenvalue weighted by atomic mass is 32.1. The van der Waals surface area contributed by atoms with Crippen LogP contribution < -0.4 is 19.5 Å². The summed E-state index contributed by atoms with van der Waals surface area (Å²) in [6.45, 7) is 6.25. The standard InChI is InChI=1S/C22H25N5O3S/c1-12(2)21-25-18-13(3)10-31-20(18)22(26-21)24-17-9-27(11-23-17)14-7-15(28-4)19(30-6)16(8-14)29-5/h7-12H,1-6H3,(H,24,25,26). The van der Waals surface area contributed by atoms with E-state index in [1.54, 1.807) is 39.0 Å². The fourth-order valence-electron chi connectivity index (χ4n) is 3.26. The number of fused-ring (bicyclic) bond motifs is 1. The molecular weight excluding hydrogens is 414 g/mol. The van der Waals surface area contributed by atoms with Gasteiger partial charge in [0.2, 0.25) is 5.75 Å². The van der Waals surface area contributed by atoms with Crippen LogP contribution in [-0.2, 0) is 0 Å². The second-order valence-corrected chi connectivity index (χ2v) is 8.24. The highest BCUT2D eigenvalue weighted by molar-refractivity contribution is 7.18. The van der Waals surface area contributed by atoms with E-state index >= 15 is 0 Å². The van der Waals surface area contributed by atoms with Gasteiger partial charge >= 0.3 is 0 Å². The maximum atomic E-state index is 5.46. The van der Waals surface area contributed by atoms with Crippen LogP contribution >= 0.6 is 11.3 Å². The molecule has 0 saturated carbocycles. The number of thiophene rings is 1. The fraction of sp³-hybridized carbons (Fsp3) is 0.318. The summed E-state index contributed by atoms with van der Waals surface area (Å²) in [7, 11) is 4.77. The van der Waals surface area contributed by atoms with Gasteiger partial charge in [0.05, 0.1) is 43.4 Å². The largest absolute Gasteiger partial charge is 0.493 e. The van der Waals surface area contributed by atoms with Crippen molar-refractivity contribution in [3.05, 3.63) is 41.4 Å². The molecule has 4 aromatic rings. The molecule has 0 fully saturated rings. The summed E-state index contributed by atoms with van der Waals surface area (Å²) in [5.41, 5.74) is 2.96. The molecule has 1 N–H and O–H groups in total. The molecule has 31 heavy (non-hydrogen) atoms. The molecule has 0 aliphatic rings. The predicted molar refractivity (Wildman–Crippen MR) is 123 cm³/mol. The number of benzene rings is 1. The lowest BCUT2D eigenvalue weighted by Crippen LogP contribution is -2.02. The molecule has 1 aromatic carbocycles. The SMILES string of the molecule is COc1cc(-n2cnc(Nc3nc(C(C)C)nc4c(C)csc34)c2)cc(OC)c1OC. The van der Waals surface area contributed by atoms with Crippen molar-refractivity contribution >= 4 is 33.2 Å². The van der Waals surface area contributed by atoms with Crippen molar-refractivity contribution in [3.63, 3.8) is 0 Å². The van der Waals surface area contributed by atoms with Gasteiger partial charge in [-0.05, 0) is 17.9 Å². The molecule has 0 bridgehead atoms. The summed E-state index contributed by atoms with van der Waals surface area (Å²) < 4.78 is 19.2. The Balaban J connectivity index is 1.71. The van der Waals surface area contributed by atoms with Gasteiger partial charge < -0.3 is 24.1 Å². The first kappa shape index (κ1) is 20.9. The van der Waals surface area contributed by atoms with Crippen LogP contribution in [-0.4, -0.2) is 40.8 Å². The molecule has 8 nitrogen and oxygen atoms in total. The number of ether oxygens (including phenoxy) is 3. The number of anilines is 2. The van der Waals surface area contributed by atoms with E-state index in [1.807, 2.05) is 22.9 Å². The third-order valence-corrected chi connectivity index (χ3v) is 6.00. The highest BCUT2D eigenvalue weighted by Crippen LogP contribution is 2.39.